The number of pyridine rings is 1. The molecule has 104 valence electrons. The molecule has 0 atom stereocenters. The number of nitrogens with zero attached hydrogens (tertiary/aromatic N) is 2. The minimum atomic E-state index is 0.117. The summed E-state index contributed by atoms with van der Waals surface area (Å²) in [4.78, 5) is 18.0. The molecular formula is C14H22N4O. The summed E-state index contributed by atoms with van der Waals surface area (Å²) in [5.41, 5.74) is 1.15. The Hall–Kier alpha value is -1.62. The minimum Gasteiger partial charge on any atom is -0.370 e. The van der Waals surface area contributed by atoms with Crippen molar-refractivity contribution in [1.29, 1.82) is 0 Å². The van der Waals surface area contributed by atoms with Gasteiger partial charge in [0.1, 0.15) is 5.82 Å². The second-order valence-corrected chi connectivity index (χ2v) is 4.89. The summed E-state index contributed by atoms with van der Waals surface area (Å²) in [5.74, 6) is 1.03. The van der Waals surface area contributed by atoms with Gasteiger partial charge in [0.25, 0.3) is 0 Å². The van der Waals surface area contributed by atoms with Crippen LogP contribution in [0.2, 0.25) is 0 Å². The van der Waals surface area contributed by atoms with Crippen LogP contribution in [0.5, 0.6) is 0 Å². The van der Waals surface area contributed by atoms with E-state index in [0.29, 0.717) is 6.54 Å². The molecule has 1 aromatic heterocycles. The van der Waals surface area contributed by atoms with Crippen molar-refractivity contribution in [2.24, 2.45) is 0 Å². The van der Waals surface area contributed by atoms with Crippen LogP contribution in [0, 0.1) is 0 Å². The molecule has 1 amide bonds. The number of carbonyl (C=O) groups excluding carboxylic acids is 1. The van der Waals surface area contributed by atoms with Crippen LogP contribution in [0.4, 0.5) is 5.82 Å². The summed E-state index contributed by atoms with van der Waals surface area (Å²) >= 11 is 0. The number of aromatic nitrogens is 1. The van der Waals surface area contributed by atoms with Crippen molar-refractivity contribution < 1.29 is 4.79 Å². The maximum atomic E-state index is 11.5. The molecule has 1 aliphatic heterocycles. The van der Waals surface area contributed by atoms with Gasteiger partial charge in [0.15, 0.2) is 0 Å². The summed E-state index contributed by atoms with van der Waals surface area (Å²) in [5, 5.41) is 6.14. The van der Waals surface area contributed by atoms with E-state index < -0.39 is 0 Å². The number of rotatable bonds is 5. The van der Waals surface area contributed by atoms with Crippen LogP contribution in [0.3, 0.4) is 0 Å². The van der Waals surface area contributed by atoms with Crippen LogP contribution in [-0.2, 0) is 11.3 Å². The Morgan fingerprint density at radius 2 is 2.37 bits per heavy atom. The maximum Gasteiger partial charge on any atom is 0.234 e. The average molecular weight is 262 g/mol. The molecule has 1 saturated heterocycles. The predicted molar refractivity (Wildman–Crippen MR) is 75.9 cm³/mol. The molecule has 19 heavy (non-hydrogen) atoms. The molecule has 1 aliphatic rings. The van der Waals surface area contributed by atoms with Gasteiger partial charge in [0.2, 0.25) is 5.91 Å². The van der Waals surface area contributed by atoms with Gasteiger partial charge >= 0.3 is 0 Å². The highest BCUT2D eigenvalue weighted by molar-refractivity contribution is 5.78. The van der Waals surface area contributed by atoms with Crippen LogP contribution in [0.15, 0.2) is 18.3 Å². The lowest BCUT2D eigenvalue weighted by Gasteiger charge is -2.18. The highest BCUT2D eigenvalue weighted by atomic mass is 16.2. The molecule has 2 N–H and O–H groups in total. The van der Waals surface area contributed by atoms with E-state index in [1.54, 1.807) is 0 Å². The van der Waals surface area contributed by atoms with Gasteiger partial charge in [0, 0.05) is 32.4 Å². The van der Waals surface area contributed by atoms with E-state index in [2.05, 4.69) is 33.5 Å². The lowest BCUT2D eigenvalue weighted by Crippen LogP contribution is -2.32. The largest absolute Gasteiger partial charge is 0.370 e. The summed E-state index contributed by atoms with van der Waals surface area (Å²) in [6.07, 6.45) is 3.99. The smallest absolute Gasteiger partial charge is 0.234 e. The number of nitrogens with one attached hydrogen (secondary N) is 2. The normalized spacial score (nSPS) is 16.8. The fourth-order valence-electron chi connectivity index (χ4n) is 2.14. The number of hydrogen-bond acceptors (Lipinski definition) is 4. The van der Waals surface area contributed by atoms with Crippen molar-refractivity contribution in [3.63, 3.8) is 0 Å². The van der Waals surface area contributed by atoms with Crippen LogP contribution < -0.4 is 10.6 Å². The van der Waals surface area contributed by atoms with Crippen molar-refractivity contribution in [3.05, 3.63) is 23.9 Å². The first-order chi connectivity index (χ1) is 9.28. The molecule has 5 heteroatoms. The molecule has 2 heterocycles. The van der Waals surface area contributed by atoms with Crippen LogP contribution in [0.1, 0.15) is 25.3 Å². The number of anilines is 1. The zero-order valence-corrected chi connectivity index (χ0v) is 11.5. The third-order valence-electron chi connectivity index (χ3n) is 3.13. The Kier molecular flexibility index (Phi) is 5.15. The molecule has 2 rings (SSSR count). The van der Waals surface area contributed by atoms with Gasteiger partial charge in [-0.25, -0.2) is 4.98 Å². The summed E-state index contributed by atoms with van der Waals surface area (Å²) in [6.45, 7) is 6.08. The summed E-state index contributed by atoms with van der Waals surface area (Å²) < 4.78 is 0. The molecular weight excluding hydrogens is 240 g/mol. The quantitative estimate of drug-likeness (QED) is 0.838. The molecule has 0 bridgehead atoms. The van der Waals surface area contributed by atoms with Crippen molar-refractivity contribution in [2.75, 3.05) is 31.5 Å². The van der Waals surface area contributed by atoms with Crippen LogP contribution in [0.25, 0.3) is 0 Å². The third-order valence-corrected chi connectivity index (χ3v) is 3.13. The van der Waals surface area contributed by atoms with Gasteiger partial charge in [-0.15, -0.1) is 0 Å². The second-order valence-electron chi connectivity index (χ2n) is 4.89. The van der Waals surface area contributed by atoms with Gasteiger partial charge in [-0.2, -0.15) is 0 Å². The molecule has 0 aromatic carbocycles. The fraction of sp³-hybridized carbons (Fsp3) is 0.571. The van der Waals surface area contributed by atoms with Gasteiger partial charge in [-0.3, -0.25) is 9.69 Å². The first kappa shape index (κ1) is 13.8. The monoisotopic (exact) mass is 262 g/mol. The van der Waals surface area contributed by atoms with Crippen LogP contribution >= 0.6 is 0 Å². The second kappa shape index (κ2) is 7.09. The van der Waals surface area contributed by atoms with Gasteiger partial charge < -0.3 is 10.6 Å². The molecule has 1 fully saturated rings. The van der Waals surface area contributed by atoms with Gasteiger partial charge in [-0.1, -0.05) is 13.0 Å². The summed E-state index contributed by atoms with van der Waals surface area (Å²) in [6, 6.07) is 4.08. The average Bonchev–Trinajstić information content (AvgIpc) is 2.62. The maximum absolute atomic E-state index is 11.5. The lowest BCUT2D eigenvalue weighted by molar-refractivity contribution is -0.121. The van der Waals surface area contributed by atoms with E-state index in [9.17, 15) is 4.79 Å². The predicted octanol–water partition coefficient (Wildman–Crippen LogP) is 1.23. The topological polar surface area (TPSA) is 57.3 Å². The first-order valence-electron chi connectivity index (χ1n) is 6.96. The van der Waals surface area contributed by atoms with E-state index >= 15 is 0 Å². The van der Waals surface area contributed by atoms with Crippen molar-refractivity contribution in [2.45, 2.75) is 26.3 Å². The van der Waals surface area contributed by atoms with E-state index in [0.717, 1.165) is 50.4 Å². The molecule has 1 aromatic rings. The van der Waals surface area contributed by atoms with E-state index in [1.807, 2.05) is 12.3 Å². The third kappa shape index (κ3) is 4.52. The highest BCUT2D eigenvalue weighted by Crippen LogP contribution is 2.09. The standard InChI is InChI=1S/C14H22N4O/c1-2-6-15-13-5-4-12(9-17-13)10-18-8-3-7-16-14(19)11-18/h4-5,9H,2-3,6-8,10-11H2,1H3,(H,15,17)(H,16,19). The van der Waals surface area contributed by atoms with Crippen molar-refractivity contribution in [1.82, 2.24) is 15.2 Å². The zero-order valence-electron chi connectivity index (χ0n) is 11.5. The molecule has 0 aliphatic carbocycles. The van der Waals surface area contributed by atoms with E-state index in [4.69, 9.17) is 0 Å². The SMILES string of the molecule is CCCNc1ccc(CN2CCCNC(=O)C2)cn1. The lowest BCUT2D eigenvalue weighted by atomic mass is 10.2. The molecule has 5 nitrogen and oxygen atoms in total. The number of carbonyl (C=O) groups is 1. The molecule has 0 spiro atoms. The zero-order chi connectivity index (χ0) is 13.5. The Labute approximate surface area is 114 Å². The van der Waals surface area contributed by atoms with Crippen LogP contribution in [-0.4, -0.2) is 42.0 Å². The fourth-order valence-corrected chi connectivity index (χ4v) is 2.14. The Balaban J connectivity index is 1.89. The number of amides is 1. The van der Waals surface area contributed by atoms with E-state index in [1.165, 1.54) is 0 Å². The summed E-state index contributed by atoms with van der Waals surface area (Å²) in [7, 11) is 0. The van der Waals surface area contributed by atoms with Gasteiger partial charge in [0.05, 0.1) is 6.54 Å². The highest BCUT2D eigenvalue weighted by Gasteiger charge is 2.14. The molecule has 0 unspecified atom stereocenters. The van der Waals surface area contributed by atoms with Crippen molar-refractivity contribution in [3.8, 4) is 0 Å². The number of hydrogen-bond donors (Lipinski definition) is 2. The minimum absolute atomic E-state index is 0.117. The van der Waals surface area contributed by atoms with Gasteiger partial charge in [-0.05, 0) is 24.5 Å². The Morgan fingerprint density at radius 3 is 3.11 bits per heavy atom. The molecule has 0 saturated carbocycles. The van der Waals surface area contributed by atoms with Crippen molar-refractivity contribution >= 4 is 11.7 Å². The Bertz CT molecular complexity index is 404. The molecule has 0 radical (unpaired) electrons. The first-order valence-corrected chi connectivity index (χ1v) is 6.96. The van der Waals surface area contributed by atoms with E-state index in [-0.39, 0.29) is 5.91 Å². The Morgan fingerprint density at radius 1 is 1.47 bits per heavy atom.